The van der Waals surface area contributed by atoms with E-state index in [0.717, 1.165) is 11.3 Å². The third-order valence-corrected chi connectivity index (χ3v) is 4.06. The monoisotopic (exact) mass is 325 g/mol. The Balaban J connectivity index is 1.60. The molecular formula is C20H23NO3. The summed E-state index contributed by atoms with van der Waals surface area (Å²) in [5.41, 5.74) is 1.80. The van der Waals surface area contributed by atoms with E-state index >= 15 is 0 Å². The third-order valence-electron chi connectivity index (χ3n) is 4.06. The minimum Gasteiger partial charge on any atom is -0.489 e. The first-order valence-corrected chi connectivity index (χ1v) is 8.33. The summed E-state index contributed by atoms with van der Waals surface area (Å²) in [5.74, 6) is 0.811. The fourth-order valence-corrected chi connectivity index (χ4v) is 2.96. The smallest absolute Gasteiger partial charge is 0.254 e. The van der Waals surface area contributed by atoms with E-state index in [1.54, 1.807) is 0 Å². The molecule has 1 aliphatic heterocycles. The van der Waals surface area contributed by atoms with Crippen LogP contribution < -0.4 is 4.74 Å². The lowest BCUT2D eigenvalue weighted by atomic mass is 10.1. The molecule has 24 heavy (non-hydrogen) atoms. The number of morpholine rings is 1. The van der Waals surface area contributed by atoms with Crippen LogP contribution in [-0.2, 0) is 11.3 Å². The van der Waals surface area contributed by atoms with Crippen molar-refractivity contribution in [2.75, 3.05) is 13.1 Å². The third kappa shape index (κ3) is 4.15. The van der Waals surface area contributed by atoms with Gasteiger partial charge in [0.1, 0.15) is 12.4 Å². The van der Waals surface area contributed by atoms with Gasteiger partial charge in [-0.15, -0.1) is 0 Å². The Hall–Kier alpha value is -2.33. The number of benzene rings is 2. The Kier molecular flexibility index (Phi) is 5.16. The van der Waals surface area contributed by atoms with Gasteiger partial charge in [0.25, 0.3) is 5.91 Å². The molecule has 2 aromatic rings. The molecule has 126 valence electrons. The molecule has 0 N–H and O–H groups in total. The Labute approximate surface area is 143 Å². The molecule has 2 aromatic carbocycles. The highest BCUT2D eigenvalue weighted by Gasteiger charge is 2.26. The average Bonchev–Trinajstić information content (AvgIpc) is 2.60. The molecule has 1 aliphatic rings. The van der Waals surface area contributed by atoms with Crippen LogP contribution in [0.2, 0.25) is 0 Å². The summed E-state index contributed by atoms with van der Waals surface area (Å²) in [5, 5.41) is 0. The molecule has 0 saturated carbocycles. The van der Waals surface area contributed by atoms with Gasteiger partial charge in [0.2, 0.25) is 0 Å². The lowest BCUT2D eigenvalue weighted by Gasteiger charge is -2.35. The Morgan fingerprint density at radius 2 is 1.67 bits per heavy atom. The molecule has 0 bridgehead atoms. The zero-order valence-corrected chi connectivity index (χ0v) is 14.1. The van der Waals surface area contributed by atoms with E-state index in [1.807, 2.05) is 73.3 Å². The maximum Gasteiger partial charge on any atom is 0.254 e. The molecule has 3 rings (SSSR count). The van der Waals surface area contributed by atoms with Gasteiger partial charge >= 0.3 is 0 Å². The van der Waals surface area contributed by atoms with E-state index in [0.29, 0.717) is 25.3 Å². The van der Waals surface area contributed by atoms with Crippen LogP contribution in [-0.4, -0.2) is 36.1 Å². The van der Waals surface area contributed by atoms with Gasteiger partial charge in [-0.2, -0.15) is 0 Å². The van der Waals surface area contributed by atoms with Crippen LogP contribution in [0.5, 0.6) is 5.75 Å². The second-order valence-electron chi connectivity index (χ2n) is 6.27. The fourth-order valence-electron chi connectivity index (χ4n) is 2.96. The van der Waals surface area contributed by atoms with Gasteiger partial charge in [0.05, 0.1) is 12.2 Å². The zero-order chi connectivity index (χ0) is 16.9. The molecule has 0 aromatic heterocycles. The standard InChI is InChI=1S/C20H23NO3/c1-15-12-21(13-16(2)24-15)20(22)18-8-10-19(11-9-18)23-14-17-6-4-3-5-7-17/h3-11,15-16H,12-14H2,1-2H3/t15-,16+. The van der Waals surface area contributed by atoms with Crippen LogP contribution in [0.15, 0.2) is 54.6 Å². The van der Waals surface area contributed by atoms with Gasteiger partial charge in [-0.25, -0.2) is 0 Å². The molecule has 2 atom stereocenters. The summed E-state index contributed by atoms with van der Waals surface area (Å²) in [7, 11) is 0. The summed E-state index contributed by atoms with van der Waals surface area (Å²) < 4.78 is 11.4. The van der Waals surface area contributed by atoms with Crippen molar-refractivity contribution >= 4 is 5.91 Å². The van der Waals surface area contributed by atoms with Crippen LogP contribution in [0, 0.1) is 0 Å². The minimum atomic E-state index is 0.0478. The lowest BCUT2D eigenvalue weighted by Crippen LogP contribution is -2.48. The van der Waals surface area contributed by atoms with E-state index < -0.39 is 0 Å². The van der Waals surface area contributed by atoms with Crippen LogP contribution in [0.3, 0.4) is 0 Å². The maximum absolute atomic E-state index is 12.6. The van der Waals surface area contributed by atoms with Gasteiger partial charge in [-0.05, 0) is 43.7 Å². The Morgan fingerprint density at radius 3 is 2.29 bits per heavy atom. The van der Waals surface area contributed by atoms with Crippen molar-refractivity contribution in [1.29, 1.82) is 0 Å². The first-order valence-electron chi connectivity index (χ1n) is 8.33. The summed E-state index contributed by atoms with van der Waals surface area (Å²) in [6, 6.07) is 17.4. The molecule has 1 saturated heterocycles. The topological polar surface area (TPSA) is 38.8 Å². The van der Waals surface area contributed by atoms with Crippen molar-refractivity contribution in [3.8, 4) is 5.75 Å². The highest BCUT2D eigenvalue weighted by atomic mass is 16.5. The number of hydrogen-bond acceptors (Lipinski definition) is 3. The second-order valence-corrected chi connectivity index (χ2v) is 6.27. The predicted molar refractivity (Wildman–Crippen MR) is 93.1 cm³/mol. The van der Waals surface area contributed by atoms with Crippen LogP contribution in [0.1, 0.15) is 29.8 Å². The number of carbonyl (C=O) groups excluding carboxylic acids is 1. The lowest BCUT2D eigenvalue weighted by molar-refractivity contribution is -0.0586. The maximum atomic E-state index is 12.6. The summed E-state index contributed by atoms with van der Waals surface area (Å²) in [6.07, 6.45) is 0.150. The Morgan fingerprint density at radius 1 is 1.04 bits per heavy atom. The molecule has 4 nitrogen and oxygen atoms in total. The predicted octanol–water partition coefficient (Wildman–Crippen LogP) is 3.52. The molecule has 0 aliphatic carbocycles. The summed E-state index contributed by atoms with van der Waals surface area (Å²) >= 11 is 0. The van der Waals surface area contributed by atoms with Crippen molar-refractivity contribution in [2.24, 2.45) is 0 Å². The van der Waals surface area contributed by atoms with Crippen LogP contribution >= 0.6 is 0 Å². The van der Waals surface area contributed by atoms with Gasteiger partial charge in [-0.3, -0.25) is 4.79 Å². The highest BCUT2D eigenvalue weighted by Crippen LogP contribution is 2.18. The normalized spacial score (nSPS) is 20.7. The molecule has 4 heteroatoms. The number of amides is 1. The molecule has 1 heterocycles. The van der Waals surface area contributed by atoms with Crippen molar-refractivity contribution < 1.29 is 14.3 Å². The quantitative estimate of drug-likeness (QED) is 0.863. The van der Waals surface area contributed by atoms with E-state index in [-0.39, 0.29) is 18.1 Å². The van der Waals surface area contributed by atoms with E-state index in [1.165, 1.54) is 0 Å². The van der Waals surface area contributed by atoms with Gasteiger partial charge in [-0.1, -0.05) is 30.3 Å². The number of ether oxygens (including phenoxy) is 2. The van der Waals surface area contributed by atoms with Crippen molar-refractivity contribution in [3.63, 3.8) is 0 Å². The number of rotatable bonds is 4. The van der Waals surface area contributed by atoms with E-state index in [2.05, 4.69) is 0 Å². The zero-order valence-electron chi connectivity index (χ0n) is 14.1. The molecule has 1 fully saturated rings. The summed E-state index contributed by atoms with van der Waals surface area (Å²) in [6.45, 7) is 5.78. The van der Waals surface area contributed by atoms with E-state index in [4.69, 9.17) is 9.47 Å². The molecule has 0 spiro atoms. The Bertz CT molecular complexity index is 659. The van der Waals surface area contributed by atoms with Crippen molar-refractivity contribution in [1.82, 2.24) is 4.90 Å². The highest BCUT2D eigenvalue weighted by molar-refractivity contribution is 5.94. The number of nitrogens with zero attached hydrogens (tertiary/aromatic N) is 1. The average molecular weight is 325 g/mol. The second kappa shape index (κ2) is 7.49. The van der Waals surface area contributed by atoms with Crippen LogP contribution in [0.4, 0.5) is 0 Å². The first-order chi connectivity index (χ1) is 11.6. The van der Waals surface area contributed by atoms with Crippen molar-refractivity contribution in [2.45, 2.75) is 32.7 Å². The SMILES string of the molecule is C[C@@H]1CN(C(=O)c2ccc(OCc3ccccc3)cc2)C[C@H](C)O1. The molecule has 0 unspecified atom stereocenters. The first kappa shape index (κ1) is 16.5. The largest absolute Gasteiger partial charge is 0.489 e. The van der Waals surface area contributed by atoms with Gasteiger partial charge < -0.3 is 14.4 Å². The summed E-state index contributed by atoms with van der Waals surface area (Å²) in [4.78, 5) is 14.5. The van der Waals surface area contributed by atoms with Gasteiger partial charge in [0.15, 0.2) is 0 Å². The number of hydrogen-bond donors (Lipinski definition) is 0. The van der Waals surface area contributed by atoms with Gasteiger partial charge in [0, 0.05) is 18.7 Å². The number of carbonyl (C=O) groups is 1. The molecular weight excluding hydrogens is 302 g/mol. The molecule has 0 radical (unpaired) electrons. The minimum absolute atomic E-state index is 0.0478. The molecule has 1 amide bonds. The van der Waals surface area contributed by atoms with Crippen LogP contribution in [0.25, 0.3) is 0 Å². The van der Waals surface area contributed by atoms with E-state index in [9.17, 15) is 4.79 Å². The van der Waals surface area contributed by atoms with Crippen molar-refractivity contribution in [3.05, 3.63) is 65.7 Å². The fraction of sp³-hybridized carbons (Fsp3) is 0.350.